The lowest BCUT2D eigenvalue weighted by molar-refractivity contribution is -0.150. The van der Waals surface area contributed by atoms with Crippen molar-refractivity contribution in [2.24, 2.45) is 5.73 Å². The third-order valence-electron chi connectivity index (χ3n) is 5.64. The van der Waals surface area contributed by atoms with Gasteiger partial charge >= 0.3 is 5.97 Å². The lowest BCUT2D eigenvalue weighted by Gasteiger charge is -2.49. The topological polar surface area (TPSA) is 183 Å². The second-order valence-corrected chi connectivity index (χ2v) is 10.1. The van der Waals surface area contributed by atoms with Gasteiger partial charge in [0.25, 0.3) is 11.8 Å². The van der Waals surface area contributed by atoms with Crippen molar-refractivity contribution in [1.29, 1.82) is 0 Å². The summed E-state index contributed by atoms with van der Waals surface area (Å²) in [6.07, 6.45) is 0.767. The maximum absolute atomic E-state index is 12.9. The number of nitrogens with zero attached hydrogens (tertiary/aromatic N) is 3. The highest BCUT2D eigenvalue weighted by atomic mass is 32.2. The average molecular weight is 532 g/mol. The number of β-lactam (4-membered cyclic amide) rings is 1. The molecule has 0 saturated carbocycles. The van der Waals surface area contributed by atoms with Crippen molar-refractivity contribution in [3.05, 3.63) is 52.9 Å². The number of nitrogens with two attached hydrogens (primary N) is 1. The number of carboxylic acid groups (broad SMARTS) is 1. The minimum Gasteiger partial charge on any atom is -0.477 e. The van der Waals surface area contributed by atoms with Crippen molar-refractivity contribution in [2.45, 2.75) is 35.8 Å². The molecule has 3 heterocycles. The molecule has 2 aliphatic heterocycles. The van der Waals surface area contributed by atoms with Gasteiger partial charge in [-0.25, -0.2) is 4.79 Å². The predicted octanol–water partition coefficient (Wildman–Crippen LogP) is 0.475. The number of thioether (sulfide) groups is 2. The van der Waals surface area contributed by atoms with Crippen LogP contribution >= 0.6 is 23.5 Å². The van der Waals surface area contributed by atoms with E-state index in [-0.39, 0.29) is 23.1 Å². The zero-order valence-electron chi connectivity index (χ0n) is 19.3. The first kappa shape index (κ1) is 25.7. The number of H-pyrrole nitrogens is 1. The van der Waals surface area contributed by atoms with Gasteiger partial charge in [0, 0.05) is 18.1 Å². The van der Waals surface area contributed by atoms with Crippen LogP contribution in [0.2, 0.25) is 0 Å². The molecule has 2 unspecified atom stereocenters. The van der Waals surface area contributed by atoms with Crippen molar-refractivity contribution in [3.8, 4) is 0 Å². The fourth-order valence-electron chi connectivity index (χ4n) is 3.80. The summed E-state index contributed by atoms with van der Waals surface area (Å²) in [7, 11) is 0. The molecular weight excluding hydrogens is 506 g/mol. The summed E-state index contributed by atoms with van der Waals surface area (Å²) in [6, 6.07) is 6.95. The Labute approximate surface area is 214 Å². The molecule has 1 fully saturated rings. The number of benzene rings is 1. The SMILES string of the molecule is CCCNC(=O)c1n[nH]nc1SCC1=C(C(=O)O)N2C(=O)C(NC(=O)C(N)c3ccccc3)[C@@H]2SC1. The zero-order valence-corrected chi connectivity index (χ0v) is 20.9. The fraction of sp³-hybridized carbons (Fsp3) is 0.364. The summed E-state index contributed by atoms with van der Waals surface area (Å²) >= 11 is 2.51. The lowest BCUT2D eigenvalue weighted by atomic mass is 10.0. The molecule has 4 rings (SSSR count). The maximum atomic E-state index is 12.9. The Kier molecular flexibility index (Phi) is 7.96. The second kappa shape index (κ2) is 11.1. The Morgan fingerprint density at radius 2 is 2.06 bits per heavy atom. The summed E-state index contributed by atoms with van der Waals surface area (Å²) in [4.78, 5) is 51.1. The number of aromatic nitrogens is 3. The fourth-order valence-corrected chi connectivity index (χ4v) is 6.20. The van der Waals surface area contributed by atoms with E-state index in [4.69, 9.17) is 5.73 Å². The van der Waals surface area contributed by atoms with Crippen LogP contribution in [-0.2, 0) is 14.4 Å². The Morgan fingerprint density at radius 1 is 1.31 bits per heavy atom. The van der Waals surface area contributed by atoms with Gasteiger partial charge in [-0.2, -0.15) is 5.21 Å². The number of hydrogen-bond acceptors (Lipinski definition) is 9. The smallest absolute Gasteiger partial charge is 0.352 e. The van der Waals surface area contributed by atoms with Crippen LogP contribution in [0.15, 0.2) is 46.6 Å². The summed E-state index contributed by atoms with van der Waals surface area (Å²) in [5, 5.41) is 25.4. The molecular formula is C22H25N7O5S2. The van der Waals surface area contributed by atoms with Gasteiger partial charge in [-0.05, 0) is 17.6 Å². The van der Waals surface area contributed by atoms with Gasteiger partial charge in [-0.15, -0.1) is 22.0 Å². The third-order valence-corrected chi connectivity index (χ3v) is 8.03. The molecule has 0 bridgehead atoms. The third kappa shape index (κ3) is 5.10. The first-order valence-corrected chi connectivity index (χ1v) is 13.2. The summed E-state index contributed by atoms with van der Waals surface area (Å²) in [5.74, 6) is -2.11. The van der Waals surface area contributed by atoms with Gasteiger partial charge in [0.1, 0.15) is 23.2 Å². The van der Waals surface area contributed by atoms with Gasteiger partial charge in [-0.3, -0.25) is 19.3 Å². The predicted molar refractivity (Wildman–Crippen MR) is 133 cm³/mol. The van der Waals surface area contributed by atoms with Crippen molar-refractivity contribution >= 4 is 47.2 Å². The quantitative estimate of drug-likeness (QED) is 0.213. The molecule has 14 heteroatoms. The van der Waals surface area contributed by atoms with Crippen LogP contribution in [-0.4, -0.2) is 78.6 Å². The van der Waals surface area contributed by atoms with E-state index in [1.165, 1.54) is 16.7 Å². The number of amides is 3. The molecule has 1 saturated heterocycles. The number of aromatic amines is 1. The molecule has 3 amide bonds. The number of fused-ring (bicyclic) bond motifs is 1. The number of nitrogens with one attached hydrogen (secondary N) is 3. The number of carbonyl (C=O) groups is 4. The van der Waals surface area contributed by atoms with Gasteiger partial charge in [0.2, 0.25) is 5.91 Å². The van der Waals surface area contributed by atoms with Crippen molar-refractivity contribution in [2.75, 3.05) is 18.1 Å². The highest BCUT2D eigenvalue weighted by Crippen LogP contribution is 2.41. The minimum atomic E-state index is -1.24. The van der Waals surface area contributed by atoms with Gasteiger partial charge < -0.3 is 21.5 Å². The van der Waals surface area contributed by atoms with Gasteiger partial charge in [-0.1, -0.05) is 49.0 Å². The van der Waals surface area contributed by atoms with Crippen LogP contribution in [0, 0.1) is 0 Å². The number of carboxylic acids is 1. The Morgan fingerprint density at radius 3 is 2.75 bits per heavy atom. The Balaban J connectivity index is 1.44. The molecule has 0 spiro atoms. The van der Waals surface area contributed by atoms with E-state index in [0.29, 0.717) is 28.5 Å². The highest BCUT2D eigenvalue weighted by molar-refractivity contribution is 8.01. The van der Waals surface area contributed by atoms with E-state index >= 15 is 0 Å². The molecule has 1 aromatic heterocycles. The molecule has 36 heavy (non-hydrogen) atoms. The number of rotatable bonds is 10. The van der Waals surface area contributed by atoms with E-state index in [1.54, 1.807) is 30.3 Å². The van der Waals surface area contributed by atoms with Gasteiger partial charge in [0.05, 0.1) is 0 Å². The maximum Gasteiger partial charge on any atom is 0.352 e. The van der Waals surface area contributed by atoms with Crippen LogP contribution in [0.1, 0.15) is 35.4 Å². The Hall–Kier alpha value is -3.36. The van der Waals surface area contributed by atoms with Crippen LogP contribution in [0.3, 0.4) is 0 Å². The molecule has 190 valence electrons. The molecule has 0 radical (unpaired) electrons. The summed E-state index contributed by atoms with van der Waals surface area (Å²) in [5.41, 5.74) is 7.16. The molecule has 2 aromatic rings. The lowest BCUT2D eigenvalue weighted by Crippen LogP contribution is -2.71. The zero-order chi connectivity index (χ0) is 25.8. The number of carbonyl (C=O) groups excluding carboxylic acids is 3. The second-order valence-electron chi connectivity index (χ2n) is 8.06. The first-order chi connectivity index (χ1) is 17.3. The largest absolute Gasteiger partial charge is 0.477 e. The molecule has 0 aliphatic carbocycles. The standard InChI is InChI=1S/C22H25N7O5S2/c1-2-8-24-18(31)14-19(27-28-26-14)35-9-12-10-36-21-15(20(32)29(21)16(12)22(33)34)25-17(30)13(23)11-6-4-3-5-7-11/h3-7,13,15,21H,2,8-10,23H2,1H3,(H,24,31)(H,25,30)(H,33,34)(H,26,27,28)/t13?,15?,21-/m0/s1. The molecule has 2 aliphatic rings. The van der Waals surface area contributed by atoms with Crippen molar-refractivity contribution in [1.82, 2.24) is 30.9 Å². The van der Waals surface area contributed by atoms with E-state index < -0.39 is 35.2 Å². The molecule has 3 atom stereocenters. The first-order valence-electron chi connectivity index (χ1n) is 11.2. The molecule has 1 aromatic carbocycles. The highest BCUT2D eigenvalue weighted by Gasteiger charge is 2.54. The minimum absolute atomic E-state index is 0.116. The molecule has 12 nitrogen and oxygen atoms in total. The summed E-state index contributed by atoms with van der Waals surface area (Å²) in [6.45, 7) is 2.42. The number of hydrogen-bond donors (Lipinski definition) is 5. The van der Waals surface area contributed by atoms with E-state index in [9.17, 15) is 24.3 Å². The van der Waals surface area contributed by atoms with Crippen molar-refractivity contribution < 1.29 is 24.3 Å². The van der Waals surface area contributed by atoms with Gasteiger partial charge in [0.15, 0.2) is 10.7 Å². The van der Waals surface area contributed by atoms with E-state index in [2.05, 4.69) is 26.0 Å². The monoisotopic (exact) mass is 531 g/mol. The van der Waals surface area contributed by atoms with Crippen LogP contribution in [0.25, 0.3) is 0 Å². The van der Waals surface area contributed by atoms with Crippen LogP contribution < -0.4 is 16.4 Å². The van der Waals surface area contributed by atoms with Crippen molar-refractivity contribution in [3.63, 3.8) is 0 Å². The normalized spacial score (nSPS) is 19.8. The summed E-state index contributed by atoms with van der Waals surface area (Å²) < 4.78 is 0. The average Bonchev–Trinajstić information content (AvgIpc) is 3.37. The van der Waals surface area contributed by atoms with E-state index in [0.717, 1.165) is 18.2 Å². The Bertz CT molecular complexity index is 1200. The number of aliphatic carboxylic acids is 1. The van der Waals surface area contributed by atoms with Crippen LogP contribution in [0.4, 0.5) is 0 Å². The van der Waals surface area contributed by atoms with E-state index in [1.807, 2.05) is 6.92 Å². The van der Waals surface area contributed by atoms with Crippen LogP contribution in [0.5, 0.6) is 0 Å². The molecule has 6 N–H and O–H groups in total.